The Balaban J connectivity index is 1.83. The number of nitrogens with one attached hydrogen (secondary N) is 3. The maximum absolute atomic E-state index is 11.7. The first kappa shape index (κ1) is 14.3. The molecule has 1 spiro atoms. The van der Waals surface area contributed by atoms with E-state index in [1.54, 1.807) is 0 Å². The van der Waals surface area contributed by atoms with E-state index < -0.39 is 6.03 Å². The lowest BCUT2D eigenvalue weighted by Gasteiger charge is -2.45. The summed E-state index contributed by atoms with van der Waals surface area (Å²) >= 11 is 0. The highest BCUT2D eigenvalue weighted by Crippen LogP contribution is 2.35. The number of rotatable bonds is 2. The van der Waals surface area contributed by atoms with Gasteiger partial charge >= 0.3 is 6.03 Å². The van der Waals surface area contributed by atoms with Gasteiger partial charge in [0.2, 0.25) is 5.91 Å². The van der Waals surface area contributed by atoms with Crippen LogP contribution in [0, 0.1) is 5.41 Å². The van der Waals surface area contributed by atoms with Crippen LogP contribution in [0.1, 0.15) is 25.7 Å². The highest BCUT2D eigenvalue weighted by atomic mass is 16.2. The molecule has 6 heteroatoms. The highest BCUT2D eigenvalue weighted by Gasteiger charge is 2.36. The first-order valence-electron chi connectivity index (χ1n) is 7.08. The smallest absolute Gasteiger partial charge is 0.321 e. The van der Waals surface area contributed by atoms with E-state index in [0.29, 0.717) is 12.0 Å². The van der Waals surface area contributed by atoms with Gasteiger partial charge in [-0.05, 0) is 44.2 Å². The summed E-state index contributed by atoms with van der Waals surface area (Å²) in [6, 6.07) is -0.434. The number of urea groups is 1. The molecule has 0 aromatic rings. The molecule has 0 saturated carbocycles. The summed E-state index contributed by atoms with van der Waals surface area (Å²) in [5.74, 6) is -0.222. The molecule has 0 aromatic carbocycles. The Bertz CT molecular complexity index is 334. The highest BCUT2D eigenvalue weighted by molar-refractivity contribution is 5.95. The first-order chi connectivity index (χ1) is 9.13. The number of nitrogens with zero attached hydrogens (tertiary/aromatic N) is 1. The lowest BCUT2D eigenvalue weighted by molar-refractivity contribution is -0.122. The molecular formula is C13H24N4O2. The van der Waals surface area contributed by atoms with Crippen LogP contribution < -0.4 is 16.0 Å². The summed E-state index contributed by atoms with van der Waals surface area (Å²) < 4.78 is 0. The lowest BCUT2D eigenvalue weighted by Crippen LogP contribution is -2.53. The summed E-state index contributed by atoms with van der Waals surface area (Å²) in [5, 5.41) is 8.18. The molecule has 19 heavy (non-hydrogen) atoms. The first-order valence-corrected chi connectivity index (χ1v) is 7.08. The third-order valence-corrected chi connectivity index (χ3v) is 4.15. The van der Waals surface area contributed by atoms with E-state index in [4.69, 9.17) is 0 Å². The van der Waals surface area contributed by atoms with Gasteiger partial charge in [-0.25, -0.2) is 4.79 Å². The molecule has 0 bridgehead atoms. The van der Waals surface area contributed by atoms with Crippen LogP contribution in [0.15, 0.2) is 0 Å². The van der Waals surface area contributed by atoms with Crippen molar-refractivity contribution in [2.75, 3.05) is 39.8 Å². The monoisotopic (exact) mass is 268 g/mol. The second kappa shape index (κ2) is 6.34. The molecule has 3 N–H and O–H groups in total. The second-order valence-corrected chi connectivity index (χ2v) is 5.72. The molecule has 1 atom stereocenters. The Hall–Kier alpha value is -1.14. The molecule has 2 heterocycles. The van der Waals surface area contributed by atoms with Gasteiger partial charge in [-0.1, -0.05) is 0 Å². The van der Waals surface area contributed by atoms with Gasteiger partial charge in [0.05, 0.1) is 6.54 Å². The van der Waals surface area contributed by atoms with Crippen LogP contribution in [-0.4, -0.2) is 56.6 Å². The van der Waals surface area contributed by atoms with Crippen LogP contribution in [0.25, 0.3) is 0 Å². The summed E-state index contributed by atoms with van der Waals surface area (Å²) in [4.78, 5) is 25.0. The number of imide groups is 1. The Morgan fingerprint density at radius 3 is 2.79 bits per heavy atom. The minimum Gasteiger partial charge on any atom is -0.341 e. The Labute approximate surface area is 114 Å². The van der Waals surface area contributed by atoms with Gasteiger partial charge in [-0.2, -0.15) is 0 Å². The van der Waals surface area contributed by atoms with Crippen molar-refractivity contribution in [3.8, 4) is 0 Å². The van der Waals surface area contributed by atoms with Crippen molar-refractivity contribution >= 4 is 11.9 Å². The minimum absolute atomic E-state index is 0.222. The molecule has 3 amide bonds. The number of hydrogen-bond donors (Lipinski definition) is 3. The van der Waals surface area contributed by atoms with Crippen molar-refractivity contribution in [1.29, 1.82) is 0 Å². The van der Waals surface area contributed by atoms with Crippen molar-refractivity contribution in [3.05, 3.63) is 0 Å². The molecule has 108 valence electrons. The van der Waals surface area contributed by atoms with Crippen LogP contribution in [0.3, 0.4) is 0 Å². The van der Waals surface area contributed by atoms with E-state index in [2.05, 4.69) is 20.9 Å². The summed E-state index contributed by atoms with van der Waals surface area (Å²) in [7, 11) is 1.51. The molecule has 6 nitrogen and oxygen atoms in total. The standard InChI is InChI=1S/C13H24N4O2/c1-14-12(19)16-11(18)8-17-7-3-5-13(10-17)4-2-6-15-9-13/h15H,2-10H2,1H3,(H2,14,16,18,19). The van der Waals surface area contributed by atoms with Gasteiger partial charge in [0.15, 0.2) is 0 Å². The Morgan fingerprint density at radius 1 is 1.32 bits per heavy atom. The van der Waals surface area contributed by atoms with Crippen LogP contribution in [0.2, 0.25) is 0 Å². The summed E-state index contributed by atoms with van der Waals surface area (Å²) in [6.07, 6.45) is 4.84. The molecule has 2 saturated heterocycles. The number of carbonyl (C=O) groups is 2. The van der Waals surface area contributed by atoms with Crippen molar-refractivity contribution < 1.29 is 9.59 Å². The third kappa shape index (κ3) is 3.91. The molecule has 0 aliphatic carbocycles. The van der Waals surface area contributed by atoms with Gasteiger partial charge in [0.1, 0.15) is 0 Å². The average Bonchev–Trinajstić information content (AvgIpc) is 2.39. The maximum Gasteiger partial charge on any atom is 0.321 e. The third-order valence-electron chi connectivity index (χ3n) is 4.15. The van der Waals surface area contributed by atoms with Crippen molar-refractivity contribution in [2.45, 2.75) is 25.7 Å². The average molecular weight is 268 g/mol. The van der Waals surface area contributed by atoms with Crippen molar-refractivity contribution in [2.24, 2.45) is 5.41 Å². The van der Waals surface area contributed by atoms with Gasteiger partial charge in [0.25, 0.3) is 0 Å². The second-order valence-electron chi connectivity index (χ2n) is 5.72. The molecule has 0 aromatic heterocycles. The molecule has 0 radical (unpaired) electrons. The summed E-state index contributed by atoms with van der Waals surface area (Å²) in [5.41, 5.74) is 0.337. The van der Waals surface area contributed by atoms with E-state index >= 15 is 0 Å². The Morgan fingerprint density at radius 2 is 2.11 bits per heavy atom. The summed E-state index contributed by atoms with van der Waals surface area (Å²) in [6.45, 7) is 4.39. The van der Waals surface area contributed by atoms with E-state index in [-0.39, 0.29) is 5.91 Å². The zero-order valence-electron chi connectivity index (χ0n) is 11.6. The van der Waals surface area contributed by atoms with Crippen molar-refractivity contribution in [1.82, 2.24) is 20.9 Å². The predicted molar refractivity (Wildman–Crippen MR) is 72.8 cm³/mol. The number of amides is 3. The topological polar surface area (TPSA) is 73.5 Å². The van der Waals surface area contributed by atoms with Gasteiger partial charge in [-0.3, -0.25) is 15.0 Å². The van der Waals surface area contributed by atoms with Gasteiger partial charge in [0, 0.05) is 20.1 Å². The molecule has 1 unspecified atom stereocenters. The number of likely N-dealkylation sites (tertiary alicyclic amines) is 1. The predicted octanol–water partition coefficient (Wildman–Crippen LogP) is -0.0924. The van der Waals surface area contributed by atoms with E-state index in [0.717, 1.165) is 32.6 Å². The van der Waals surface area contributed by atoms with Crippen LogP contribution in [0.4, 0.5) is 4.79 Å². The molecule has 2 aliphatic rings. The normalized spacial score (nSPS) is 28.1. The van der Waals surface area contributed by atoms with Crippen molar-refractivity contribution in [3.63, 3.8) is 0 Å². The largest absolute Gasteiger partial charge is 0.341 e. The fourth-order valence-corrected chi connectivity index (χ4v) is 3.26. The molecule has 2 aliphatic heterocycles. The number of piperidine rings is 2. The zero-order chi connectivity index (χ0) is 13.7. The van der Waals surface area contributed by atoms with Crippen LogP contribution >= 0.6 is 0 Å². The SMILES string of the molecule is CNC(=O)NC(=O)CN1CCCC2(CCCNC2)C1. The maximum atomic E-state index is 11.7. The van der Waals surface area contributed by atoms with E-state index in [1.165, 1.54) is 26.3 Å². The fourth-order valence-electron chi connectivity index (χ4n) is 3.26. The molecule has 2 fully saturated rings. The van der Waals surface area contributed by atoms with E-state index in [1.807, 2.05) is 0 Å². The number of hydrogen-bond acceptors (Lipinski definition) is 4. The molecule has 2 rings (SSSR count). The van der Waals surface area contributed by atoms with Gasteiger partial charge < -0.3 is 10.6 Å². The number of carbonyl (C=O) groups excluding carboxylic acids is 2. The zero-order valence-corrected chi connectivity index (χ0v) is 11.6. The minimum atomic E-state index is -0.434. The van der Waals surface area contributed by atoms with Crippen LogP contribution in [0.5, 0.6) is 0 Å². The quantitative estimate of drug-likeness (QED) is 0.654. The molecular weight excluding hydrogens is 244 g/mol. The van der Waals surface area contributed by atoms with E-state index in [9.17, 15) is 9.59 Å². The van der Waals surface area contributed by atoms with Crippen LogP contribution in [-0.2, 0) is 4.79 Å². The van der Waals surface area contributed by atoms with Gasteiger partial charge in [-0.15, -0.1) is 0 Å². The Kier molecular flexibility index (Phi) is 4.76. The lowest BCUT2D eigenvalue weighted by atomic mass is 9.74. The fraction of sp³-hybridized carbons (Fsp3) is 0.846.